The highest BCUT2D eigenvalue weighted by molar-refractivity contribution is 5.20. The van der Waals surface area contributed by atoms with Crippen LogP contribution >= 0.6 is 0 Å². The van der Waals surface area contributed by atoms with Crippen LogP contribution in [0, 0.1) is 13.8 Å². The molecule has 0 atom stereocenters. The Morgan fingerprint density at radius 2 is 1.83 bits per heavy atom. The van der Waals surface area contributed by atoms with Crippen molar-refractivity contribution in [1.82, 2.24) is 19.9 Å². The minimum Gasteiger partial charge on any atom is -0.493 e. The molecule has 0 amide bonds. The highest BCUT2D eigenvalue weighted by Gasteiger charge is 1.97. The molecule has 18 heavy (non-hydrogen) atoms. The zero-order valence-corrected chi connectivity index (χ0v) is 9.76. The zero-order chi connectivity index (χ0) is 13.7. The highest BCUT2D eigenvalue weighted by atomic mass is 16.3. The molecule has 0 bridgehead atoms. The topological polar surface area (TPSA) is 132 Å². The molecule has 4 N–H and O–H groups in total. The second-order valence-electron chi connectivity index (χ2n) is 3.43. The number of rotatable bonds is 0. The van der Waals surface area contributed by atoms with Gasteiger partial charge in [0.05, 0.1) is 0 Å². The van der Waals surface area contributed by atoms with Gasteiger partial charge in [-0.25, -0.2) is 9.78 Å². The molecule has 2 heterocycles. The fourth-order valence-corrected chi connectivity index (χ4v) is 0.901. The van der Waals surface area contributed by atoms with Crippen LogP contribution in [0.15, 0.2) is 22.0 Å². The van der Waals surface area contributed by atoms with Gasteiger partial charge in [-0.05, 0) is 13.8 Å². The van der Waals surface area contributed by atoms with Gasteiger partial charge in [-0.1, -0.05) is 0 Å². The molecule has 0 aliphatic carbocycles. The van der Waals surface area contributed by atoms with Crippen molar-refractivity contribution in [3.05, 3.63) is 44.4 Å². The zero-order valence-electron chi connectivity index (χ0n) is 9.76. The molecule has 8 nitrogen and oxygen atoms in total. The Hall–Kier alpha value is -2.64. The number of hydrogen-bond acceptors (Lipinski definition) is 6. The van der Waals surface area contributed by atoms with E-state index in [9.17, 15) is 9.59 Å². The van der Waals surface area contributed by atoms with Crippen molar-refractivity contribution >= 4 is 0 Å². The Kier molecular flexibility index (Phi) is 4.19. The summed E-state index contributed by atoms with van der Waals surface area (Å²) < 4.78 is 0. The van der Waals surface area contributed by atoms with Crippen LogP contribution in [0.5, 0.6) is 11.9 Å². The van der Waals surface area contributed by atoms with Gasteiger partial charge in [-0.2, -0.15) is 4.98 Å². The number of nitrogens with zero attached hydrogens (tertiary/aromatic N) is 2. The van der Waals surface area contributed by atoms with E-state index >= 15 is 0 Å². The second-order valence-corrected chi connectivity index (χ2v) is 3.43. The monoisotopic (exact) mass is 252 g/mol. The number of aryl methyl sites for hydroxylation is 2. The molecular weight excluding hydrogens is 240 g/mol. The molecule has 0 fully saturated rings. The summed E-state index contributed by atoms with van der Waals surface area (Å²) >= 11 is 0. The van der Waals surface area contributed by atoms with Crippen LogP contribution < -0.4 is 11.2 Å². The van der Waals surface area contributed by atoms with Crippen molar-refractivity contribution in [1.29, 1.82) is 0 Å². The highest BCUT2D eigenvalue weighted by Crippen LogP contribution is 2.11. The van der Waals surface area contributed by atoms with Gasteiger partial charge in [0.1, 0.15) is 0 Å². The lowest BCUT2D eigenvalue weighted by atomic mass is 10.4. The van der Waals surface area contributed by atoms with Gasteiger partial charge >= 0.3 is 11.7 Å². The fraction of sp³-hybridized carbons (Fsp3) is 0.200. The first-order valence-electron chi connectivity index (χ1n) is 4.90. The molecule has 0 saturated carbocycles. The molecule has 8 heteroatoms. The van der Waals surface area contributed by atoms with Crippen LogP contribution in [0.4, 0.5) is 0 Å². The lowest BCUT2D eigenvalue weighted by molar-refractivity contribution is 0.394. The number of nitrogens with one attached hydrogen (secondary N) is 2. The molecule has 0 unspecified atom stereocenters. The van der Waals surface area contributed by atoms with Gasteiger partial charge in [0, 0.05) is 23.5 Å². The minimum absolute atomic E-state index is 0.178. The smallest absolute Gasteiger partial charge is 0.325 e. The van der Waals surface area contributed by atoms with Crippen molar-refractivity contribution in [2.45, 2.75) is 13.8 Å². The quantitative estimate of drug-likeness (QED) is 0.503. The summed E-state index contributed by atoms with van der Waals surface area (Å²) in [7, 11) is 0. The largest absolute Gasteiger partial charge is 0.493 e. The number of aromatic amines is 2. The van der Waals surface area contributed by atoms with Crippen LogP contribution in [-0.2, 0) is 0 Å². The van der Waals surface area contributed by atoms with Crippen molar-refractivity contribution in [2.24, 2.45) is 0 Å². The van der Waals surface area contributed by atoms with E-state index in [0.717, 1.165) is 0 Å². The molecule has 96 valence electrons. The molecule has 0 radical (unpaired) electrons. The van der Waals surface area contributed by atoms with Gasteiger partial charge in [0.25, 0.3) is 5.56 Å². The maximum absolute atomic E-state index is 10.6. The standard InChI is InChI=1S/2C5H6N2O2/c2*1-3-2-6-5(9)7-4(3)8/h2*2H,1H3,(H2,6,7,8,9). The van der Waals surface area contributed by atoms with E-state index in [1.54, 1.807) is 13.8 Å². The predicted molar refractivity (Wildman–Crippen MR) is 62.5 cm³/mol. The first-order valence-corrected chi connectivity index (χ1v) is 4.90. The third-order valence-electron chi connectivity index (χ3n) is 1.94. The average Bonchev–Trinajstić information content (AvgIpc) is 2.30. The normalized spacial score (nSPS) is 9.44. The van der Waals surface area contributed by atoms with Gasteiger partial charge in [0.2, 0.25) is 5.88 Å². The maximum Gasteiger partial charge on any atom is 0.325 e. The summed E-state index contributed by atoms with van der Waals surface area (Å²) in [5.74, 6) is -0.178. The van der Waals surface area contributed by atoms with Gasteiger partial charge in [0.15, 0.2) is 0 Å². The van der Waals surface area contributed by atoms with Crippen molar-refractivity contribution in [3.63, 3.8) is 0 Å². The van der Waals surface area contributed by atoms with Crippen molar-refractivity contribution in [3.8, 4) is 11.9 Å². The molecule has 2 aromatic rings. The molecule has 2 aromatic heterocycles. The van der Waals surface area contributed by atoms with Crippen LogP contribution in [-0.4, -0.2) is 30.1 Å². The third kappa shape index (κ3) is 3.74. The van der Waals surface area contributed by atoms with E-state index in [1.807, 2.05) is 0 Å². The lowest BCUT2D eigenvalue weighted by Crippen LogP contribution is -2.22. The summed E-state index contributed by atoms with van der Waals surface area (Å²) in [6.07, 6.45) is 2.72. The van der Waals surface area contributed by atoms with Crippen LogP contribution in [0.25, 0.3) is 0 Å². The number of H-pyrrole nitrogens is 2. The Morgan fingerprint density at radius 1 is 1.17 bits per heavy atom. The molecule has 2 rings (SSSR count). The average molecular weight is 252 g/mol. The fourth-order valence-electron chi connectivity index (χ4n) is 0.901. The summed E-state index contributed by atoms with van der Waals surface area (Å²) in [4.78, 5) is 32.0. The van der Waals surface area contributed by atoms with E-state index in [-0.39, 0.29) is 11.4 Å². The van der Waals surface area contributed by atoms with Crippen LogP contribution in [0.2, 0.25) is 0 Å². The van der Waals surface area contributed by atoms with Gasteiger partial charge < -0.3 is 15.2 Å². The first kappa shape index (κ1) is 13.4. The van der Waals surface area contributed by atoms with E-state index in [0.29, 0.717) is 11.1 Å². The Morgan fingerprint density at radius 3 is 2.28 bits per heavy atom. The van der Waals surface area contributed by atoms with Gasteiger partial charge in [-0.3, -0.25) is 9.78 Å². The number of aromatic hydroxyl groups is 2. The maximum atomic E-state index is 10.6. The van der Waals surface area contributed by atoms with E-state index in [2.05, 4.69) is 19.9 Å². The number of aromatic nitrogens is 4. The van der Waals surface area contributed by atoms with E-state index in [1.165, 1.54) is 12.4 Å². The van der Waals surface area contributed by atoms with Gasteiger partial charge in [-0.15, -0.1) is 0 Å². The SMILES string of the molecule is Cc1c[nH]c(=O)[nH]c1=O.Cc1cnc(O)nc1O. The summed E-state index contributed by atoms with van der Waals surface area (Å²) in [5, 5.41) is 17.3. The Balaban J connectivity index is 0.000000180. The first-order chi connectivity index (χ1) is 8.40. The molecular formula is C10H12N4O4. The summed E-state index contributed by atoms with van der Waals surface area (Å²) in [6.45, 7) is 3.27. The lowest BCUT2D eigenvalue weighted by Gasteiger charge is -1.93. The molecule has 0 saturated heterocycles. The van der Waals surface area contributed by atoms with Crippen molar-refractivity contribution in [2.75, 3.05) is 0 Å². The minimum atomic E-state index is -0.467. The molecule has 0 aliphatic rings. The van der Waals surface area contributed by atoms with Crippen LogP contribution in [0.1, 0.15) is 11.1 Å². The summed E-state index contributed by atoms with van der Waals surface area (Å²) in [6, 6.07) is -0.405. The Bertz CT molecular complexity index is 647. The molecule has 0 aromatic carbocycles. The molecule has 0 spiro atoms. The number of hydrogen-bond donors (Lipinski definition) is 4. The van der Waals surface area contributed by atoms with Crippen molar-refractivity contribution < 1.29 is 10.2 Å². The predicted octanol–water partition coefficient (Wildman–Crippen LogP) is -0.432. The Labute approximate surface area is 101 Å². The second kappa shape index (κ2) is 5.62. The molecule has 0 aliphatic heterocycles. The van der Waals surface area contributed by atoms with E-state index in [4.69, 9.17) is 10.2 Å². The third-order valence-corrected chi connectivity index (χ3v) is 1.94. The summed E-state index contributed by atoms with van der Waals surface area (Å²) in [5.41, 5.74) is 0.256. The van der Waals surface area contributed by atoms with E-state index < -0.39 is 11.7 Å². The van der Waals surface area contributed by atoms with Crippen LogP contribution in [0.3, 0.4) is 0 Å².